The maximum atomic E-state index is 12.2. The minimum atomic E-state index is -0.259. The molecule has 2 saturated heterocycles. The molecule has 5 nitrogen and oxygen atoms in total. The van der Waals surface area contributed by atoms with E-state index in [1.165, 1.54) is 5.57 Å². The summed E-state index contributed by atoms with van der Waals surface area (Å²) < 4.78 is 11.5. The van der Waals surface area contributed by atoms with Gasteiger partial charge in [-0.2, -0.15) is 5.06 Å². The van der Waals surface area contributed by atoms with Gasteiger partial charge in [-0.25, -0.2) is 0 Å². The molecule has 2 fully saturated rings. The van der Waals surface area contributed by atoms with Gasteiger partial charge >= 0.3 is 5.97 Å². The Morgan fingerprint density at radius 2 is 2.29 bits per heavy atom. The highest BCUT2D eigenvalue weighted by Gasteiger charge is 2.62. The fraction of sp³-hybridized carbons (Fsp3) is 0.812. The number of esters is 1. The van der Waals surface area contributed by atoms with Crippen LogP contribution in [0.2, 0.25) is 0 Å². The summed E-state index contributed by atoms with van der Waals surface area (Å²) in [7, 11) is 1.57. The van der Waals surface area contributed by atoms with E-state index in [9.17, 15) is 10.0 Å². The molecular weight excluding hydrogens is 270 g/mol. The van der Waals surface area contributed by atoms with Gasteiger partial charge in [-0.1, -0.05) is 11.6 Å². The summed E-state index contributed by atoms with van der Waals surface area (Å²) in [6.07, 6.45) is 6.04. The lowest BCUT2D eigenvalue weighted by molar-refractivity contribution is -0.148. The number of carbonyl (C=O) groups is 1. The van der Waals surface area contributed by atoms with Gasteiger partial charge in [0, 0.05) is 19.5 Å². The minimum absolute atomic E-state index is 0.0206. The van der Waals surface area contributed by atoms with Gasteiger partial charge in [0.15, 0.2) is 0 Å². The Bertz CT molecular complexity index is 461. The number of allylic oxidation sites excluding steroid dienone is 2. The predicted molar refractivity (Wildman–Crippen MR) is 76.8 cm³/mol. The molecule has 0 radical (unpaired) electrons. The molecule has 0 aromatic carbocycles. The quantitative estimate of drug-likeness (QED) is 0.366. The number of carbonyl (C=O) groups excluding carboxylic acids is 1. The molecule has 3 aliphatic rings. The van der Waals surface area contributed by atoms with Crippen molar-refractivity contribution >= 4 is 5.97 Å². The molecule has 0 bridgehead atoms. The summed E-state index contributed by atoms with van der Waals surface area (Å²) in [5.74, 6) is -0.323. The molecule has 2 aliphatic heterocycles. The maximum absolute atomic E-state index is 12.2. The summed E-state index contributed by atoms with van der Waals surface area (Å²) in [5.41, 5.74) is 1.21. The van der Waals surface area contributed by atoms with E-state index in [0.717, 1.165) is 30.7 Å². The van der Waals surface area contributed by atoms with Gasteiger partial charge in [0.1, 0.15) is 12.2 Å². The van der Waals surface area contributed by atoms with Crippen LogP contribution in [0.25, 0.3) is 0 Å². The van der Waals surface area contributed by atoms with Gasteiger partial charge in [0.05, 0.1) is 11.5 Å². The average molecular weight is 295 g/mol. The van der Waals surface area contributed by atoms with Gasteiger partial charge < -0.3 is 14.7 Å². The van der Waals surface area contributed by atoms with Crippen molar-refractivity contribution in [2.24, 2.45) is 11.8 Å². The van der Waals surface area contributed by atoms with E-state index in [1.54, 1.807) is 7.05 Å². The van der Waals surface area contributed by atoms with Gasteiger partial charge in [0.25, 0.3) is 0 Å². The van der Waals surface area contributed by atoms with Crippen molar-refractivity contribution < 1.29 is 19.5 Å². The van der Waals surface area contributed by atoms with Crippen LogP contribution in [-0.4, -0.2) is 47.6 Å². The van der Waals surface area contributed by atoms with Crippen LogP contribution in [0, 0.1) is 11.8 Å². The first kappa shape index (κ1) is 15.0. The molecule has 5 heteroatoms. The third-order valence-corrected chi connectivity index (χ3v) is 5.20. The Hall–Kier alpha value is -0.910. The molecule has 0 amide bonds. The zero-order valence-electron chi connectivity index (χ0n) is 13.0. The molecule has 0 aromatic rings. The number of ether oxygens (including phenoxy) is 2. The number of fused-ring (bicyclic) bond motifs is 3. The topological polar surface area (TPSA) is 62.3 Å². The Balaban J connectivity index is 1.83. The largest absolute Gasteiger partial charge is 0.459 e. The highest BCUT2D eigenvalue weighted by Crippen LogP contribution is 2.50. The number of hydroxylamine groups is 2. The Kier molecular flexibility index (Phi) is 3.84. The first-order valence-electron chi connectivity index (χ1n) is 7.85. The van der Waals surface area contributed by atoms with Crippen molar-refractivity contribution in [3.8, 4) is 0 Å². The van der Waals surface area contributed by atoms with E-state index in [0.29, 0.717) is 6.54 Å². The summed E-state index contributed by atoms with van der Waals surface area (Å²) in [5, 5.41) is 10.6. The van der Waals surface area contributed by atoms with E-state index < -0.39 is 0 Å². The number of hydrogen-bond donors (Lipinski definition) is 1. The third-order valence-electron chi connectivity index (χ3n) is 5.20. The summed E-state index contributed by atoms with van der Waals surface area (Å²) in [6, 6.07) is 0. The van der Waals surface area contributed by atoms with Gasteiger partial charge in [0.2, 0.25) is 0 Å². The van der Waals surface area contributed by atoms with Crippen molar-refractivity contribution in [3.05, 3.63) is 11.6 Å². The van der Waals surface area contributed by atoms with E-state index in [4.69, 9.17) is 9.47 Å². The molecule has 5 unspecified atom stereocenters. The molecule has 0 aromatic heterocycles. The number of epoxide rings is 1. The standard InChI is InChI=1S/C16H25NO4/c1-10-5-4-8-16(2)14(21-16)13-11(7-6-10)12(9-17(3)19)15(18)20-13/h5,11-14,19H,4,6-9H2,1-3H3. The molecule has 118 valence electrons. The lowest BCUT2D eigenvalue weighted by atomic mass is 9.80. The van der Waals surface area contributed by atoms with Crippen molar-refractivity contribution in [2.45, 2.75) is 57.3 Å². The van der Waals surface area contributed by atoms with Crippen LogP contribution in [0.15, 0.2) is 11.6 Å². The zero-order valence-corrected chi connectivity index (χ0v) is 13.0. The van der Waals surface area contributed by atoms with Crippen LogP contribution >= 0.6 is 0 Å². The van der Waals surface area contributed by atoms with E-state index in [2.05, 4.69) is 19.9 Å². The predicted octanol–water partition coefficient (Wildman–Crippen LogP) is 2.14. The maximum Gasteiger partial charge on any atom is 0.311 e. The fourth-order valence-corrected chi connectivity index (χ4v) is 3.83. The second-order valence-electron chi connectivity index (χ2n) is 6.99. The average Bonchev–Trinajstić information content (AvgIpc) is 2.97. The van der Waals surface area contributed by atoms with E-state index >= 15 is 0 Å². The monoisotopic (exact) mass is 295 g/mol. The van der Waals surface area contributed by atoms with Gasteiger partial charge in [-0.05, 0) is 39.5 Å². The molecule has 0 spiro atoms. The van der Waals surface area contributed by atoms with Crippen LogP contribution in [0.1, 0.15) is 39.5 Å². The van der Waals surface area contributed by atoms with Crippen LogP contribution in [0.4, 0.5) is 0 Å². The molecule has 0 saturated carbocycles. The summed E-state index contributed by atoms with van der Waals surface area (Å²) >= 11 is 0. The smallest absolute Gasteiger partial charge is 0.311 e. The van der Waals surface area contributed by atoms with Crippen molar-refractivity contribution in [1.82, 2.24) is 5.06 Å². The third kappa shape index (κ3) is 2.87. The van der Waals surface area contributed by atoms with E-state index in [-0.39, 0.29) is 35.6 Å². The Labute approximate surface area is 125 Å². The van der Waals surface area contributed by atoms with Crippen LogP contribution < -0.4 is 0 Å². The van der Waals surface area contributed by atoms with Crippen LogP contribution in [0.5, 0.6) is 0 Å². The summed E-state index contributed by atoms with van der Waals surface area (Å²) in [6.45, 7) is 4.58. The molecule has 2 heterocycles. The van der Waals surface area contributed by atoms with Crippen molar-refractivity contribution in [2.75, 3.05) is 13.6 Å². The molecule has 21 heavy (non-hydrogen) atoms. The number of rotatable bonds is 2. The summed E-state index contributed by atoms with van der Waals surface area (Å²) in [4.78, 5) is 12.2. The minimum Gasteiger partial charge on any atom is -0.459 e. The number of hydrogen-bond acceptors (Lipinski definition) is 5. The molecular formula is C16H25NO4. The highest BCUT2D eigenvalue weighted by molar-refractivity contribution is 5.75. The normalized spacial score (nSPS) is 42.9. The SMILES string of the molecule is CC1=CCCC2(C)OC2C2OC(=O)C(CN(C)O)C2CC1. The molecule has 5 atom stereocenters. The zero-order chi connectivity index (χ0) is 15.2. The Morgan fingerprint density at radius 3 is 3.00 bits per heavy atom. The number of nitrogens with zero attached hydrogens (tertiary/aromatic N) is 1. The molecule has 1 aliphatic carbocycles. The van der Waals surface area contributed by atoms with Gasteiger partial charge in [-0.15, -0.1) is 0 Å². The van der Waals surface area contributed by atoms with Crippen molar-refractivity contribution in [1.29, 1.82) is 0 Å². The lowest BCUT2D eigenvalue weighted by Gasteiger charge is -2.23. The second kappa shape index (κ2) is 5.38. The first-order chi connectivity index (χ1) is 9.90. The molecule has 1 N–H and O–H groups in total. The lowest BCUT2D eigenvalue weighted by Crippen LogP contribution is -2.34. The Morgan fingerprint density at radius 1 is 1.52 bits per heavy atom. The molecule has 3 rings (SSSR count). The fourth-order valence-electron chi connectivity index (χ4n) is 3.83. The van der Waals surface area contributed by atoms with Crippen molar-refractivity contribution in [3.63, 3.8) is 0 Å². The van der Waals surface area contributed by atoms with Crippen LogP contribution in [0.3, 0.4) is 0 Å². The van der Waals surface area contributed by atoms with Gasteiger partial charge in [-0.3, -0.25) is 4.79 Å². The van der Waals surface area contributed by atoms with Crippen LogP contribution in [-0.2, 0) is 14.3 Å². The van der Waals surface area contributed by atoms with E-state index in [1.807, 2.05) is 0 Å². The first-order valence-corrected chi connectivity index (χ1v) is 7.85. The second-order valence-corrected chi connectivity index (χ2v) is 6.99. The highest BCUT2D eigenvalue weighted by atomic mass is 16.6.